The maximum atomic E-state index is 12.1. The second-order valence-corrected chi connectivity index (χ2v) is 4.59. The Bertz CT molecular complexity index is 594. The Labute approximate surface area is 112 Å². The van der Waals surface area contributed by atoms with Gasteiger partial charge in [-0.3, -0.25) is 9.78 Å². The predicted molar refractivity (Wildman–Crippen MR) is 74.4 cm³/mol. The zero-order valence-corrected chi connectivity index (χ0v) is 10.9. The number of hydrogen-bond acceptors (Lipinski definition) is 3. The van der Waals surface area contributed by atoms with Crippen LogP contribution in [0.1, 0.15) is 35.7 Å². The first-order valence-electron chi connectivity index (χ1n) is 6.13. The van der Waals surface area contributed by atoms with Crippen LogP contribution in [0.4, 0.5) is 5.69 Å². The molecule has 0 bridgehead atoms. The Balaban J connectivity index is 2.27. The molecule has 1 amide bonds. The van der Waals surface area contributed by atoms with E-state index in [1.54, 1.807) is 0 Å². The molecule has 2 rings (SSSR count). The maximum absolute atomic E-state index is 12.1. The zero-order valence-electron chi connectivity index (χ0n) is 10.9. The second kappa shape index (κ2) is 5.52. The average molecular weight is 256 g/mol. The van der Waals surface area contributed by atoms with Crippen LogP contribution in [0.15, 0.2) is 42.7 Å². The van der Waals surface area contributed by atoms with Crippen molar-refractivity contribution in [3.05, 3.63) is 53.9 Å². The lowest BCUT2D eigenvalue weighted by Crippen LogP contribution is -2.13. The van der Waals surface area contributed by atoms with Gasteiger partial charge in [-0.2, -0.15) is 0 Å². The lowest BCUT2D eigenvalue weighted by atomic mass is 10.0. The van der Waals surface area contributed by atoms with Crippen molar-refractivity contribution in [2.75, 3.05) is 5.32 Å². The molecule has 2 N–H and O–H groups in total. The molecule has 0 aliphatic carbocycles. The molecule has 0 atom stereocenters. The van der Waals surface area contributed by atoms with Gasteiger partial charge in [-0.1, -0.05) is 32.0 Å². The molecule has 0 aliphatic rings. The molecule has 1 heterocycles. The third-order valence-electron chi connectivity index (χ3n) is 2.88. The molecule has 0 unspecified atom stereocenters. The minimum Gasteiger partial charge on any atom is -0.505 e. The number of rotatable bonds is 3. The quantitative estimate of drug-likeness (QED) is 0.886. The van der Waals surface area contributed by atoms with Crippen LogP contribution in [0, 0.1) is 0 Å². The number of nitrogens with zero attached hydrogens (tertiary/aromatic N) is 1. The topological polar surface area (TPSA) is 62.2 Å². The van der Waals surface area contributed by atoms with E-state index in [1.165, 1.54) is 18.5 Å². The number of aromatic hydroxyl groups is 1. The highest BCUT2D eigenvalue weighted by Crippen LogP contribution is 2.25. The Kier molecular flexibility index (Phi) is 3.80. The van der Waals surface area contributed by atoms with Crippen LogP contribution >= 0.6 is 0 Å². The van der Waals surface area contributed by atoms with E-state index in [1.807, 2.05) is 24.3 Å². The number of aromatic nitrogens is 1. The molecular weight excluding hydrogens is 240 g/mol. The summed E-state index contributed by atoms with van der Waals surface area (Å²) in [5.74, 6) is -0.155. The van der Waals surface area contributed by atoms with Crippen LogP contribution in [0.3, 0.4) is 0 Å². The number of pyridine rings is 1. The smallest absolute Gasteiger partial charge is 0.259 e. The number of amides is 1. The minimum absolute atomic E-state index is 0.123. The number of carbonyl (C=O) groups excluding carboxylic acids is 1. The molecule has 0 saturated heterocycles. The third-order valence-corrected chi connectivity index (χ3v) is 2.88. The van der Waals surface area contributed by atoms with E-state index in [-0.39, 0.29) is 17.2 Å². The van der Waals surface area contributed by atoms with Crippen molar-refractivity contribution < 1.29 is 9.90 Å². The predicted octanol–water partition coefficient (Wildman–Crippen LogP) is 3.16. The highest BCUT2D eigenvalue weighted by molar-refractivity contribution is 6.06. The molecule has 0 saturated carbocycles. The minimum atomic E-state index is -0.340. The van der Waals surface area contributed by atoms with Gasteiger partial charge in [0.25, 0.3) is 5.91 Å². The van der Waals surface area contributed by atoms with Gasteiger partial charge in [-0.15, -0.1) is 0 Å². The Hall–Kier alpha value is -2.36. The molecular formula is C15H16N2O2. The van der Waals surface area contributed by atoms with E-state index >= 15 is 0 Å². The van der Waals surface area contributed by atoms with E-state index in [4.69, 9.17) is 0 Å². The van der Waals surface area contributed by atoms with Crippen molar-refractivity contribution in [2.24, 2.45) is 0 Å². The summed E-state index contributed by atoms with van der Waals surface area (Å²) in [6, 6.07) is 9.13. The van der Waals surface area contributed by atoms with Gasteiger partial charge in [0, 0.05) is 11.9 Å². The van der Waals surface area contributed by atoms with E-state index in [9.17, 15) is 9.90 Å². The van der Waals surface area contributed by atoms with Gasteiger partial charge in [0.2, 0.25) is 0 Å². The highest BCUT2D eigenvalue weighted by Gasteiger charge is 2.13. The molecule has 1 aromatic heterocycles. The van der Waals surface area contributed by atoms with Crippen molar-refractivity contribution in [1.82, 2.24) is 4.98 Å². The monoisotopic (exact) mass is 256 g/mol. The van der Waals surface area contributed by atoms with Gasteiger partial charge in [-0.05, 0) is 23.6 Å². The first-order valence-corrected chi connectivity index (χ1v) is 6.13. The van der Waals surface area contributed by atoms with Crippen LogP contribution in [0.5, 0.6) is 5.75 Å². The van der Waals surface area contributed by atoms with Crippen molar-refractivity contribution >= 4 is 11.6 Å². The summed E-state index contributed by atoms with van der Waals surface area (Å²) in [6.07, 6.45) is 2.73. The lowest BCUT2D eigenvalue weighted by molar-refractivity contribution is 0.102. The molecule has 98 valence electrons. The van der Waals surface area contributed by atoms with Gasteiger partial charge >= 0.3 is 0 Å². The number of benzene rings is 1. The zero-order chi connectivity index (χ0) is 13.8. The standard InChI is InChI=1S/C15H16N2O2/c1-10(2)11-5-3-4-6-13(11)17-15(19)12-7-8-16-9-14(12)18/h3-10,18H,1-2H3,(H,17,19). The molecule has 2 aromatic rings. The largest absolute Gasteiger partial charge is 0.505 e. The van der Waals surface area contributed by atoms with Crippen molar-refractivity contribution in [2.45, 2.75) is 19.8 Å². The summed E-state index contributed by atoms with van der Waals surface area (Å²) in [5.41, 5.74) is 2.04. The van der Waals surface area contributed by atoms with Gasteiger partial charge in [0.05, 0.1) is 11.8 Å². The van der Waals surface area contributed by atoms with Crippen molar-refractivity contribution in [3.8, 4) is 5.75 Å². The average Bonchev–Trinajstić information content (AvgIpc) is 2.39. The normalized spacial score (nSPS) is 10.5. The molecule has 4 heteroatoms. The number of anilines is 1. The molecule has 1 aromatic carbocycles. The summed E-state index contributed by atoms with van der Waals surface area (Å²) < 4.78 is 0. The van der Waals surface area contributed by atoms with E-state index in [2.05, 4.69) is 24.1 Å². The van der Waals surface area contributed by atoms with Gasteiger partial charge < -0.3 is 10.4 Å². The van der Waals surface area contributed by atoms with Gasteiger partial charge in [0.1, 0.15) is 5.75 Å². The highest BCUT2D eigenvalue weighted by atomic mass is 16.3. The number of para-hydroxylation sites is 1. The summed E-state index contributed by atoms with van der Waals surface area (Å²) in [5, 5.41) is 12.4. The maximum Gasteiger partial charge on any atom is 0.259 e. The molecule has 4 nitrogen and oxygen atoms in total. The molecule has 0 spiro atoms. The van der Waals surface area contributed by atoms with E-state index in [0.717, 1.165) is 11.3 Å². The van der Waals surface area contributed by atoms with E-state index < -0.39 is 0 Å². The fraction of sp³-hybridized carbons (Fsp3) is 0.200. The fourth-order valence-electron chi connectivity index (χ4n) is 1.88. The van der Waals surface area contributed by atoms with Gasteiger partial charge in [-0.25, -0.2) is 0 Å². The number of carbonyl (C=O) groups is 1. The summed E-state index contributed by atoms with van der Waals surface area (Å²) in [4.78, 5) is 15.9. The first kappa shape index (κ1) is 13.1. The Morgan fingerprint density at radius 1 is 1.26 bits per heavy atom. The fourth-order valence-corrected chi connectivity index (χ4v) is 1.88. The second-order valence-electron chi connectivity index (χ2n) is 4.59. The lowest BCUT2D eigenvalue weighted by Gasteiger charge is -2.13. The van der Waals surface area contributed by atoms with Crippen LogP contribution < -0.4 is 5.32 Å². The summed E-state index contributed by atoms with van der Waals surface area (Å²) in [7, 11) is 0. The number of hydrogen-bond donors (Lipinski definition) is 2. The molecule has 0 radical (unpaired) electrons. The SMILES string of the molecule is CC(C)c1ccccc1NC(=O)c1ccncc1O. The van der Waals surface area contributed by atoms with Crippen LogP contribution in [0.2, 0.25) is 0 Å². The Morgan fingerprint density at radius 3 is 2.68 bits per heavy atom. The summed E-state index contributed by atoms with van der Waals surface area (Å²) in [6.45, 7) is 4.13. The number of nitrogens with one attached hydrogen (secondary N) is 1. The van der Waals surface area contributed by atoms with Crippen LogP contribution in [-0.4, -0.2) is 16.0 Å². The van der Waals surface area contributed by atoms with Crippen LogP contribution in [0.25, 0.3) is 0 Å². The third kappa shape index (κ3) is 2.91. The van der Waals surface area contributed by atoms with Crippen molar-refractivity contribution in [1.29, 1.82) is 0 Å². The first-order chi connectivity index (χ1) is 9.09. The Morgan fingerprint density at radius 2 is 2.00 bits per heavy atom. The van der Waals surface area contributed by atoms with Crippen LogP contribution in [-0.2, 0) is 0 Å². The van der Waals surface area contributed by atoms with E-state index in [0.29, 0.717) is 5.92 Å². The molecule has 19 heavy (non-hydrogen) atoms. The van der Waals surface area contributed by atoms with Crippen molar-refractivity contribution in [3.63, 3.8) is 0 Å². The molecule has 0 aliphatic heterocycles. The summed E-state index contributed by atoms with van der Waals surface area (Å²) >= 11 is 0. The molecule has 0 fully saturated rings. The van der Waals surface area contributed by atoms with Gasteiger partial charge in [0.15, 0.2) is 0 Å².